The zero-order valence-electron chi connectivity index (χ0n) is 7.65. The number of nitrogens with zero attached hydrogens (tertiary/aromatic N) is 1. The van der Waals surface area contributed by atoms with Crippen LogP contribution in [0.15, 0.2) is 24.3 Å². The molecule has 1 amide bonds. The van der Waals surface area contributed by atoms with Gasteiger partial charge in [0.15, 0.2) is 0 Å². The maximum absolute atomic E-state index is 11.4. The van der Waals surface area contributed by atoms with Gasteiger partial charge in [-0.1, -0.05) is 5.56 Å². The minimum atomic E-state index is -0.172. The van der Waals surface area contributed by atoms with Gasteiger partial charge in [0.05, 0.1) is 7.11 Å². The van der Waals surface area contributed by atoms with Crippen LogP contribution < -0.4 is 0 Å². The first-order chi connectivity index (χ1) is 5.75. The number of amides is 1. The van der Waals surface area contributed by atoms with Crippen molar-refractivity contribution < 1.29 is 42.3 Å². The first kappa shape index (κ1) is 12.8. The molecule has 0 unspecified atom stereocenters. The molecule has 0 aromatic heterocycles. The summed E-state index contributed by atoms with van der Waals surface area (Å²) in [7, 11) is 3.01. The third-order valence-corrected chi connectivity index (χ3v) is 1.51. The summed E-state index contributed by atoms with van der Waals surface area (Å²) in [5, 5.41) is 1.17. The Morgan fingerprint density at radius 3 is 2.77 bits per heavy atom. The molecule has 0 fully saturated rings. The van der Waals surface area contributed by atoms with Crippen molar-refractivity contribution in [3.05, 3.63) is 35.9 Å². The fourth-order valence-electron chi connectivity index (χ4n) is 0.791. The van der Waals surface area contributed by atoms with Gasteiger partial charge in [-0.25, -0.2) is 5.06 Å². The minimum absolute atomic E-state index is 0. The van der Waals surface area contributed by atoms with Crippen LogP contribution in [0.1, 0.15) is 10.4 Å². The average Bonchev–Trinajstić information content (AvgIpc) is 2.17. The molecule has 0 saturated heterocycles. The van der Waals surface area contributed by atoms with Gasteiger partial charge >= 0.3 is 0 Å². The summed E-state index contributed by atoms with van der Waals surface area (Å²) in [6, 6.07) is 9.66. The second kappa shape index (κ2) is 6.24. The summed E-state index contributed by atoms with van der Waals surface area (Å²) in [5.41, 5.74) is 0.571. The van der Waals surface area contributed by atoms with Gasteiger partial charge < -0.3 is 0 Å². The summed E-state index contributed by atoms with van der Waals surface area (Å²) in [6.07, 6.45) is 0. The molecule has 0 atom stereocenters. The summed E-state index contributed by atoms with van der Waals surface area (Å²) in [4.78, 5) is 16.1. The molecule has 0 heterocycles. The van der Waals surface area contributed by atoms with E-state index in [1.807, 2.05) is 0 Å². The molecule has 0 N–H and O–H groups in total. The van der Waals surface area contributed by atoms with E-state index in [1.165, 1.54) is 12.2 Å². The van der Waals surface area contributed by atoms with Crippen LogP contribution in [-0.2, 0) is 37.5 Å². The second-order valence-corrected chi connectivity index (χ2v) is 2.28. The Bertz CT molecular complexity index is 264. The van der Waals surface area contributed by atoms with Crippen LogP contribution in [0.25, 0.3) is 0 Å². The molecule has 0 aliphatic carbocycles. The van der Waals surface area contributed by atoms with Crippen molar-refractivity contribution in [2.24, 2.45) is 0 Å². The largest absolute Gasteiger partial charge is 0.282 e. The third kappa shape index (κ3) is 3.55. The number of hydrogen-bond acceptors (Lipinski definition) is 2. The fourth-order valence-corrected chi connectivity index (χ4v) is 0.791. The Hall–Kier alpha value is -0.246. The number of hydrogen-bond donors (Lipinski definition) is 0. The number of carbonyl (C=O) groups excluding carboxylic acids is 1. The van der Waals surface area contributed by atoms with E-state index >= 15 is 0 Å². The van der Waals surface area contributed by atoms with E-state index in [-0.39, 0.29) is 38.6 Å². The number of benzene rings is 1. The van der Waals surface area contributed by atoms with Gasteiger partial charge in [0.1, 0.15) is 0 Å². The zero-order chi connectivity index (χ0) is 8.97. The van der Waals surface area contributed by atoms with E-state index in [4.69, 9.17) is 4.84 Å². The Labute approximate surface area is 103 Å². The molecule has 3 nitrogen and oxygen atoms in total. The van der Waals surface area contributed by atoms with E-state index in [0.717, 1.165) is 0 Å². The van der Waals surface area contributed by atoms with Crippen LogP contribution in [0, 0.1) is 6.07 Å². The fraction of sp³-hybridized carbons (Fsp3) is 0.222. The van der Waals surface area contributed by atoms with Crippen molar-refractivity contribution in [2.45, 2.75) is 0 Å². The van der Waals surface area contributed by atoms with E-state index in [2.05, 4.69) is 6.07 Å². The van der Waals surface area contributed by atoms with Crippen LogP contribution >= 0.6 is 0 Å². The second-order valence-electron chi connectivity index (χ2n) is 2.28. The molecule has 1 radical (unpaired) electrons. The molecule has 0 aliphatic rings. The third-order valence-electron chi connectivity index (χ3n) is 1.51. The van der Waals surface area contributed by atoms with Crippen molar-refractivity contribution in [3.63, 3.8) is 0 Å². The molecule has 0 saturated carbocycles. The quantitative estimate of drug-likeness (QED) is 0.583. The summed E-state index contributed by atoms with van der Waals surface area (Å²) >= 11 is 0. The Balaban J connectivity index is 0.00000144. The molecule has 4 heteroatoms. The summed E-state index contributed by atoms with van der Waals surface area (Å²) in [6.45, 7) is 0. The van der Waals surface area contributed by atoms with Crippen LogP contribution in [0.4, 0.5) is 0 Å². The van der Waals surface area contributed by atoms with Gasteiger partial charge in [-0.2, -0.15) is 30.3 Å². The summed E-state index contributed by atoms with van der Waals surface area (Å²) < 4.78 is 0. The molecule has 1 aromatic carbocycles. The zero-order valence-corrected chi connectivity index (χ0v) is 10.5. The Morgan fingerprint density at radius 1 is 1.62 bits per heavy atom. The number of hydroxylamine groups is 2. The van der Waals surface area contributed by atoms with Gasteiger partial charge in [-0.3, -0.25) is 9.63 Å². The van der Waals surface area contributed by atoms with E-state index in [9.17, 15) is 4.79 Å². The van der Waals surface area contributed by atoms with Crippen LogP contribution in [0.3, 0.4) is 0 Å². The van der Waals surface area contributed by atoms with Crippen molar-refractivity contribution in [3.8, 4) is 0 Å². The number of rotatable bonds is 2. The standard InChI is InChI=1S/C9H10NO2.Y/c1-10(12-2)9(11)8-6-4-3-5-7-8;/h3-4,6-7H,1-2H3;/q-1;. The monoisotopic (exact) mass is 253 g/mol. The predicted molar refractivity (Wildman–Crippen MR) is 44.4 cm³/mol. The van der Waals surface area contributed by atoms with Crippen molar-refractivity contribution in [1.29, 1.82) is 0 Å². The molecule has 0 bridgehead atoms. The van der Waals surface area contributed by atoms with Gasteiger partial charge in [-0.15, -0.1) is 0 Å². The van der Waals surface area contributed by atoms with Crippen molar-refractivity contribution >= 4 is 5.91 Å². The Kier molecular flexibility index (Phi) is 6.13. The SMILES string of the molecule is CON(C)C(=O)c1c[c-]ccc1.[Y]. The van der Waals surface area contributed by atoms with Gasteiger partial charge in [0.2, 0.25) is 5.91 Å². The van der Waals surface area contributed by atoms with E-state index < -0.39 is 0 Å². The maximum Gasteiger partial charge on any atom is 0.221 e. The van der Waals surface area contributed by atoms with Crippen molar-refractivity contribution in [2.75, 3.05) is 14.2 Å². The smallest absolute Gasteiger partial charge is 0.221 e. The average molecular weight is 253 g/mol. The van der Waals surface area contributed by atoms with Crippen LogP contribution in [0.5, 0.6) is 0 Å². The first-order valence-electron chi connectivity index (χ1n) is 3.54. The molecule has 0 spiro atoms. The van der Waals surface area contributed by atoms with Gasteiger partial charge in [0, 0.05) is 39.8 Å². The number of carbonyl (C=O) groups is 1. The van der Waals surface area contributed by atoms with Crippen molar-refractivity contribution in [1.82, 2.24) is 5.06 Å². The molecule has 0 aliphatic heterocycles. The van der Waals surface area contributed by atoms with Crippen LogP contribution in [0.2, 0.25) is 0 Å². The predicted octanol–water partition coefficient (Wildman–Crippen LogP) is 1.12. The summed E-state index contributed by atoms with van der Waals surface area (Å²) in [5.74, 6) is -0.172. The molecular formula is C9H10NO2Y-. The first-order valence-corrected chi connectivity index (χ1v) is 3.54. The minimum Gasteiger partial charge on any atom is -0.282 e. The molecule has 1 rings (SSSR count). The molecule has 67 valence electrons. The topological polar surface area (TPSA) is 29.5 Å². The van der Waals surface area contributed by atoms with Gasteiger partial charge in [0.25, 0.3) is 0 Å². The molecule has 13 heavy (non-hydrogen) atoms. The Morgan fingerprint density at radius 2 is 2.31 bits per heavy atom. The normalized spacial score (nSPS) is 8.77. The maximum atomic E-state index is 11.4. The van der Waals surface area contributed by atoms with E-state index in [1.54, 1.807) is 31.3 Å². The molecule has 1 aromatic rings. The van der Waals surface area contributed by atoms with Gasteiger partial charge in [-0.05, 0) is 0 Å². The van der Waals surface area contributed by atoms with Crippen LogP contribution in [-0.4, -0.2) is 25.1 Å². The molecular weight excluding hydrogens is 243 g/mol. The van der Waals surface area contributed by atoms with E-state index in [0.29, 0.717) is 5.56 Å².